The number of anilines is 1. The van der Waals surface area contributed by atoms with Crippen molar-refractivity contribution in [2.45, 2.75) is 32.6 Å². The van der Waals surface area contributed by atoms with Gasteiger partial charge in [0.2, 0.25) is 21.8 Å². The molecule has 0 spiro atoms. The number of amides is 2. The fourth-order valence-electron chi connectivity index (χ4n) is 3.17. The van der Waals surface area contributed by atoms with Gasteiger partial charge in [-0.05, 0) is 43.7 Å². The summed E-state index contributed by atoms with van der Waals surface area (Å²) in [6.07, 6.45) is -3.92. The number of sulfonamides is 1. The van der Waals surface area contributed by atoms with Gasteiger partial charge in [-0.15, -0.1) is 0 Å². The van der Waals surface area contributed by atoms with E-state index in [1.807, 2.05) is 0 Å². The summed E-state index contributed by atoms with van der Waals surface area (Å²) in [6.45, 7) is 2.54. The molecule has 2 aromatic carbocycles. The number of alkyl halides is 3. The minimum Gasteiger partial charge on any atom is -0.355 e. The van der Waals surface area contributed by atoms with E-state index in [2.05, 4.69) is 5.32 Å². The zero-order chi connectivity index (χ0) is 25.7. The van der Waals surface area contributed by atoms with Gasteiger partial charge < -0.3 is 10.2 Å². The maximum absolute atomic E-state index is 13.3. The van der Waals surface area contributed by atoms with Crippen molar-refractivity contribution in [1.29, 1.82) is 0 Å². The minimum atomic E-state index is -4.70. The molecule has 7 nitrogen and oxygen atoms in total. The first-order valence-corrected chi connectivity index (χ1v) is 12.4. The summed E-state index contributed by atoms with van der Waals surface area (Å²) in [7, 11) is -4.15. The van der Waals surface area contributed by atoms with Gasteiger partial charge in [0.1, 0.15) is 12.6 Å². The topological polar surface area (TPSA) is 86.8 Å². The minimum absolute atomic E-state index is 0.114. The van der Waals surface area contributed by atoms with Crippen LogP contribution in [0.4, 0.5) is 18.9 Å². The molecule has 186 valence electrons. The van der Waals surface area contributed by atoms with Crippen LogP contribution in [0.15, 0.2) is 48.5 Å². The third-order valence-electron chi connectivity index (χ3n) is 4.96. The lowest BCUT2D eigenvalue weighted by molar-refractivity contribution is -0.139. The lowest BCUT2D eigenvalue weighted by Gasteiger charge is -2.31. The van der Waals surface area contributed by atoms with Crippen LogP contribution in [0.3, 0.4) is 0 Å². The molecule has 1 atom stereocenters. The number of hydrogen-bond donors (Lipinski definition) is 1. The highest BCUT2D eigenvalue weighted by Crippen LogP contribution is 2.32. The van der Waals surface area contributed by atoms with Crippen LogP contribution in [0, 0.1) is 0 Å². The third-order valence-corrected chi connectivity index (χ3v) is 6.47. The van der Waals surface area contributed by atoms with Crippen molar-refractivity contribution in [2.75, 3.05) is 23.7 Å². The van der Waals surface area contributed by atoms with Crippen molar-refractivity contribution >= 4 is 39.1 Å². The molecule has 2 aromatic rings. The molecule has 34 heavy (non-hydrogen) atoms. The summed E-state index contributed by atoms with van der Waals surface area (Å²) in [5.41, 5.74) is -0.873. The molecule has 0 aliphatic rings. The van der Waals surface area contributed by atoms with Crippen LogP contribution in [0.1, 0.15) is 25.0 Å². The Kier molecular flexibility index (Phi) is 8.96. The molecule has 12 heteroatoms. The summed E-state index contributed by atoms with van der Waals surface area (Å²) in [6, 6.07) is 9.28. The van der Waals surface area contributed by atoms with E-state index in [9.17, 15) is 31.2 Å². The number of carbonyl (C=O) groups is 2. The second kappa shape index (κ2) is 11.1. The van der Waals surface area contributed by atoms with E-state index in [1.165, 1.54) is 6.92 Å². The van der Waals surface area contributed by atoms with Crippen LogP contribution in [-0.2, 0) is 32.3 Å². The van der Waals surface area contributed by atoms with E-state index in [0.717, 1.165) is 29.4 Å². The van der Waals surface area contributed by atoms with Gasteiger partial charge in [-0.25, -0.2) is 8.42 Å². The number of rotatable bonds is 9. The zero-order valence-corrected chi connectivity index (χ0v) is 20.3. The van der Waals surface area contributed by atoms with Crippen molar-refractivity contribution in [2.24, 2.45) is 0 Å². The number of nitrogens with zero attached hydrogens (tertiary/aromatic N) is 2. The zero-order valence-electron chi connectivity index (χ0n) is 18.8. The summed E-state index contributed by atoms with van der Waals surface area (Å²) in [4.78, 5) is 26.9. The van der Waals surface area contributed by atoms with Crippen LogP contribution in [0.5, 0.6) is 0 Å². The van der Waals surface area contributed by atoms with Crippen molar-refractivity contribution in [1.82, 2.24) is 10.2 Å². The smallest absolute Gasteiger partial charge is 0.355 e. The molecule has 0 heterocycles. The second-order valence-electron chi connectivity index (χ2n) is 7.50. The van der Waals surface area contributed by atoms with Gasteiger partial charge in [-0.3, -0.25) is 13.9 Å². The summed E-state index contributed by atoms with van der Waals surface area (Å²) in [5, 5.41) is 2.93. The average Bonchev–Trinajstić information content (AvgIpc) is 2.75. The lowest BCUT2D eigenvalue weighted by atomic mass is 10.1. The molecule has 0 radical (unpaired) electrons. The quantitative estimate of drug-likeness (QED) is 0.547. The first-order chi connectivity index (χ1) is 15.8. The first-order valence-electron chi connectivity index (χ1n) is 10.2. The molecule has 2 amide bonds. The molecule has 1 unspecified atom stereocenters. The van der Waals surface area contributed by atoms with Crippen LogP contribution in [0.25, 0.3) is 0 Å². The normalized spacial score (nSPS) is 12.7. The molecular formula is C22H25ClF3N3O4S. The Morgan fingerprint density at radius 1 is 1.12 bits per heavy atom. The number of hydrogen-bond acceptors (Lipinski definition) is 4. The highest BCUT2D eigenvalue weighted by molar-refractivity contribution is 7.92. The Balaban J connectivity index is 2.45. The van der Waals surface area contributed by atoms with E-state index < -0.39 is 46.2 Å². The molecular weight excluding hydrogens is 495 g/mol. The van der Waals surface area contributed by atoms with Crippen molar-refractivity contribution in [3.05, 3.63) is 64.7 Å². The highest BCUT2D eigenvalue weighted by atomic mass is 35.5. The van der Waals surface area contributed by atoms with E-state index in [-0.39, 0.29) is 12.2 Å². The van der Waals surface area contributed by atoms with Gasteiger partial charge in [0.15, 0.2) is 0 Å². The van der Waals surface area contributed by atoms with Gasteiger partial charge in [0.25, 0.3) is 0 Å². The molecule has 2 rings (SSSR count). The van der Waals surface area contributed by atoms with Gasteiger partial charge in [0, 0.05) is 18.1 Å². The van der Waals surface area contributed by atoms with Crippen LogP contribution in [-0.4, -0.2) is 50.5 Å². The van der Waals surface area contributed by atoms with Crippen molar-refractivity contribution in [3.8, 4) is 0 Å². The number of likely N-dealkylation sites (N-methyl/N-ethyl adjacent to an activating group) is 1. The molecule has 0 fully saturated rings. The largest absolute Gasteiger partial charge is 0.416 e. The predicted octanol–water partition coefficient (Wildman–Crippen LogP) is 3.68. The molecule has 0 aliphatic heterocycles. The molecule has 0 saturated carbocycles. The Labute approximate surface area is 201 Å². The average molecular weight is 520 g/mol. The van der Waals surface area contributed by atoms with E-state index in [4.69, 9.17) is 11.6 Å². The van der Waals surface area contributed by atoms with E-state index >= 15 is 0 Å². The van der Waals surface area contributed by atoms with Crippen molar-refractivity contribution < 1.29 is 31.2 Å². The summed E-state index contributed by atoms with van der Waals surface area (Å²) < 4.78 is 65.0. The summed E-state index contributed by atoms with van der Waals surface area (Å²) >= 11 is 6.20. The number of carbonyl (C=O) groups excluding carboxylic acids is 2. The highest BCUT2D eigenvalue weighted by Gasteiger charge is 2.33. The van der Waals surface area contributed by atoms with Gasteiger partial charge in [-0.2, -0.15) is 13.2 Å². The maximum Gasteiger partial charge on any atom is 0.416 e. The van der Waals surface area contributed by atoms with Crippen LogP contribution >= 0.6 is 11.6 Å². The van der Waals surface area contributed by atoms with Crippen LogP contribution < -0.4 is 9.62 Å². The molecule has 1 N–H and O–H groups in total. The number of halogens is 4. The number of nitrogens with one attached hydrogen (secondary N) is 1. The first kappa shape index (κ1) is 27.5. The molecule has 0 bridgehead atoms. The Morgan fingerprint density at radius 2 is 1.76 bits per heavy atom. The standard InChI is InChI=1S/C22H25ClF3N3O4S/c1-4-27-21(31)15(2)28(13-16-8-5-6-11-19(16)23)20(30)14-29(34(3,32)33)18-10-7-9-17(12-18)22(24,25)26/h5-12,15H,4,13-14H2,1-3H3,(H,27,31). The van der Waals surface area contributed by atoms with Gasteiger partial charge in [0.05, 0.1) is 17.5 Å². The van der Waals surface area contributed by atoms with Gasteiger partial charge >= 0.3 is 6.18 Å². The fourth-order valence-corrected chi connectivity index (χ4v) is 4.20. The Morgan fingerprint density at radius 3 is 2.32 bits per heavy atom. The van der Waals surface area contributed by atoms with E-state index in [0.29, 0.717) is 27.5 Å². The predicted molar refractivity (Wildman–Crippen MR) is 124 cm³/mol. The lowest BCUT2D eigenvalue weighted by Crippen LogP contribution is -2.51. The Bertz CT molecular complexity index is 1140. The van der Waals surface area contributed by atoms with Crippen LogP contribution in [0.2, 0.25) is 5.02 Å². The third kappa shape index (κ3) is 7.10. The van der Waals surface area contributed by atoms with Crippen molar-refractivity contribution in [3.63, 3.8) is 0 Å². The maximum atomic E-state index is 13.3. The molecule has 0 saturated heterocycles. The fraction of sp³-hybridized carbons (Fsp3) is 0.364. The molecule has 0 aliphatic carbocycles. The number of benzene rings is 2. The molecule has 0 aromatic heterocycles. The monoisotopic (exact) mass is 519 g/mol. The van der Waals surface area contributed by atoms with E-state index in [1.54, 1.807) is 31.2 Å². The second-order valence-corrected chi connectivity index (χ2v) is 9.82. The SMILES string of the molecule is CCNC(=O)C(C)N(Cc1ccccc1Cl)C(=O)CN(c1cccc(C(F)(F)F)c1)S(C)(=O)=O. The van der Waals surface area contributed by atoms with Gasteiger partial charge in [-0.1, -0.05) is 35.9 Å². The summed E-state index contributed by atoms with van der Waals surface area (Å²) in [5.74, 6) is -1.27. The Hall–Kier alpha value is -2.79.